The summed E-state index contributed by atoms with van der Waals surface area (Å²) >= 11 is 5.88. The SMILES string of the molecule is O=C(C[C@H]1C(=O)Nc2nc(-c3ccc(Cl)cc3)nn21)Nc1ccc([N+](=O)[O-])cc1. The van der Waals surface area contributed by atoms with Crippen molar-refractivity contribution in [3.8, 4) is 11.4 Å². The molecule has 1 atom stereocenters. The van der Waals surface area contributed by atoms with Crippen molar-refractivity contribution in [3.05, 3.63) is 63.7 Å². The van der Waals surface area contributed by atoms with Gasteiger partial charge in [0.25, 0.3) is 11.6 Å². The van der Waals surface area contributed by atoms with Crippen LogP contribution in [0.3, 0.4) is 0 Å². The summed E-state index contributed by atoms with van der Waals surface area (Å²) < 4.78 is 1.38. The number of benzene rings is 2. The van der Waals surface area contributed by atoms with E-state index in [1.165, 1.54) is 28.9 Å². The average Bonchev–Trinajstić information content (AvgIpc) is 3.21. The first-order valence-electron chi connectivity index (χ1n) is 8.48. The molecular formula is C18H13ClN6O4. The fraction of sp³-hybridized carbons (Fsp3) is 0.111. The topological polar surface area (TPSA) is 132 Å². The summed E-state index contributed by atoms with van der Waals surface area (Å²) in [5, 5.41) is 20.8. The lowest BCUT2D eigenvalue weighted by Gasteiger charge is -2.09. The molecule has 3 aromatic rings. The second kappa shape index (κ2) is 7.32. The zero-order chi connectivity index (χ0) is 20.5. The molecule has 2 N–H and O–H groups in total. The number of nitro benzene ring substituents is 1. The number of aromatic nitrogens is 3. The van der Waals surface area contributed by atoms with Crippen LogP contribution in [0.4, 0.5) is 17.3 Å². The molecule has 0 radical (unpaired) electrons. The minimum absolute atomic E-state index is 0.0832. The number of amides is 2. The maximum absolute atomic E-state index is 12.4. The van der Waals surface area contributed by atoms with Crippen molar-refractivity contribution in [2.75, 3.05) is 10.6 Å². The molecule has 0 fully saturated rings. The predicted molar refractivity (Wildman–Crippen MR) is 104 cm³/mol. The molecule has 1 aromatic heterocycles. The first kappa shape index (κ1) is 18.6. The van der Waals surface area contributed by atoms with Crippen molar-refractivity contribution in [1.29, 1.82) is 0 Å². The van der Waals surface area contributed by atoms with Gasteiger partial charge < -0.3 is 5.32 Å². The van der Waals surface area contributed by atoms with Crippen LogP contribution >= 0.6 is 11.6 Å². The Morgan fingerprint density at radius 3 is 2.55 bits per heavy atom. The van der Waals surface area contributed by atoms with Crippen molar-refractivity contribution in [2.45, 2.75) is 12.5 Å². The lowest BCUT2D eigenvalue weighted by molar-refractivity contribution is -0.384. The number of anilines is 2. The minimum Gasteiger partial charge on any atom is -0.326 e. The number of non-ortho nitro benzene ring substituents is 1. The molecule has 146 valence electrons. The van der Waals surface area contributed by atoms with Gasteiger partial charge in [0, 0.05) is 28.4 Å². The normalized spacial score (nSPS) is 14.9. The fourth-order valence-electron chi connectivity index (χ4n) is 2.88. The highest BCUT2D eigenvalue weighted by molar-refractivity contribution is 6.30. The summed E-state index contributed by atoms with van der Waals surface area (Å²) in [5.74, 6) is -0.164. The summed E-state index contributed by atoms with van der Waals surface area (Å²) in [4.78, 5) is 39.0. The van der Waals surface area contributed by atoms with E-state index in [0.717, 1.165) is 5.56 Å². The zero-order valence-electron chi connectivity index (χ0n) is 14.7. The number of carbonyl (C=O) groups excluding carboxylic acids is 2. The Hall–Kier alpha value is -3.79. The lowest BCUT2D eigenvalue weighted by atomic mass is 10.2. The van der Waals surface area contributed by atoms with E-state index in [4.69, 9.17) is 11.6 Å². The van der Waals surface area contributed by atoms with Gasteiger partial charge in [-0.1, -0.05) is 11.6 Å². The largest absolute Gasteiger partial charge is 0.326 e. The maximum Gasteiger partial charge on any atom is 0.269 e. The van der Waals surface area contributed by atoms with Gasteiger partial charge >= 0.3 is 0 Å². The smallest absolute Gasteiger partial charge is 0.269 e. The van der Waals surface area contributed by atoms with Crippen LogP contribution in [0.1, 0.15) is 12.5 Å². The van der Waals surface area contributed by atoms with Crippen LogP contribution in [0.2, 0.25) is 5.02 Å². The minimum atomic E-state index is -0.850. The molecule has 0 aliphatic carbocycles. The third-order valence-corrected chi connectivity index (χ3v) is 4.56. The van der Waals surface area contributed by atoms with Crippen LogP contribution in [0.5, 0.6) is 0 Å². The second-order valence-electron chi connectivity index (χ2n) is 6.27. The number of carbonyl (C=O) groups is 2. The van der Waals surface area contributed by atoms with Gasteiger partial charge in [0.15, 0.2) is 5.82 Å². The number of hydrogen-bond acceptors (Lipinski definition) is 6. The van der Waals surface area contributed by atoms with Gasteiger partial charge in [-0.2, -0.15) is 4.98 Å². The van der Waals surface area contributed by atoms with E-state index in [2.05, 4.69) is 20.7 Å². The number of nitro groups is 1. The van der Waals surface area contributed by atoms with Crippen LogP contribution < -0.4 is 10.6 Å². The molecule has 29 heavy (non-hydrogen) atoms. The maximum atomic E-state index is 12.4. The third kappa shape index (κ3) is 3.78. The van der Waals surface area contributed by atoms with Gasteiger partial charge in [-0.25, -0.2) is 4.68 Å². The monoisotopic (exact) mass is 412 g/mol. The number of nitrogens with one attached hydrogen (secondary N) is 2. The molecule has 1 aliphatic heterocycles. The molecule has 2 amide bonds. The summed E-state index contributed by atoms with van der Waals surface area (Å²) in [5.41, 5.74) is 1.03. The first-order valence-corrected chi connectivity index (χ1v) is 8.86. The summed E-state index contributed by atoms with van der Waals surface area (Å²) in [6, 6.07) is 11.5. The van der Waals surface area contributed by atoms with E-state index >= 15 is 0 Å². The van der Waals surface area contributed by atoms with E-state index in [1.807, 2.05) is 0 Å². The van der Waals surface area contributed by atoms with Crippen LogP contribution in [0.15, 0.2) is 48.5 Å². The van der Waals surface area contributed by atoms with Crippen molar-refractivity contribution >= 4 is 40.7 Å². The van der Waals surface area contributed by atoms with Gasteiger partial charge in [0.1, 0.15) is 6.04 Å². The van der Waals surface area contributed by atoms with Gasteiger partial charge in [-0.15, -0.1) is 5.10 Å². The summed E-state index contributed by atoms with van der Waals surface area (Å²) in [6.45, 7) is 0. The second-order valence-corrected chi connectivity index (χ2v) is 6.71. The molecular weight excluding hydrogens is 400 g/mol. The highest BCUT2D eigenvalue weighted by Gasteiger charge is 2.35. The highest BCUT2D eigenvalue weighted by atomic mass is 35.5. The molecule has 0 spiro atoms. The Morgan fingerprint density at radius 2 is 1.90 bits per heavy atom. The van der Waals surface area contributed by atoms with Gasteiger partial charge in [-0.3, -0.25) is 25.0 Å². The molecule has 4 rings (SSSR count). The van der Waals surface area contributed by atoms with Crippen molar-refractivity contribution in [2.24, 2.45) is 0 Å². The molecule has 2 heterocycles. The van der Waals surface area contributed by atoms with Crippen molar-refractivity contribution in [3.63, 3.8) is 0 Å². The van der Waals surface area contributed by atoms with E-state index in [1.54, 1.807) is 24.3 Å². The number of halogens is 1. The van der Waals surface area contributed by atoms with E-state index in [-0.39, 0.29) is 24.0 Å². The van der Waals surface area contributed by atoms with E-state index in [0.29, 0.717) is 16.5 Å². The Morgan fingerprint density at radius 1 is 1.21 bits per heavy atom. The number of rotatable bonds is 5. The first-order chi connectivity index (χ1) is 13.9. The van der Waals surface area contributed by atoms with Crippen LogP contribution in [-0.4, -0.2) is 31.5 Å². The molecule has 10 nitrogen and oxygen atoms in total. The van der Waals surface area contributed by atoms with Crippen LogP contribution in [0.25, 0.3) is 11.4 Å². The summed E-state index contributed by atoms with van der Waals surface area (Å²) in [7, 11) is 0. The van der Waals surface area contributed by atoms with E-state index < -0.39 is 16.9 Å². The van der Waals surface area contributed by atoms with Crippen molar-refractivity contribution in [1.82, 2.24) is 14.8 Å². The molecule has 0 bridgehead atoms. The molecule has 2 aromatic carbocycles. The number of nitrogens with zero attached hydrogens (tertiary/aromatic N) is 4. The molecule has 0 saturated heterocycles. The predicted octanol–water partition coefficient (Wildman–Crippen LogP) is 3.03. The van der Waals surface area contributed by atoms with Gasteiger partial charge in [0.05, 0.1) is 11.3 Å². The molecule has 0 saturated carbocycles. The Bertz CT molecular complexity index is 1110. The summed E-state index contributed by atoms with van der Waals surface area (Å²) in [6.07, 6.45) is -0.167. The number of fused-ring (bicyclic) bond motifs is 1. The molecule has 11 heteroatoms. The lowest BCUT2D eigenvalue weighted by Crippen LogP contribution is -2.23. The van der Waals surface area contributed by atoms with Gasteiger partial charge in [0.2, 0.25) is 11.9 Å². The standard InChI is InChI=1S/C18H13ClN6O4/c19-11-3-1-10(2-4-11)16-21-18-22-17(27)14(24(18)23-16)9-15(26)20-12-5-7-13(8-6-12)25(28)29/h1-8,14H,9H2,(H,20,26)(H,21,22,23,27)/t14-/m0/s1. The molecule has 0 unspecified atom stereocenters. The average molecular weight is 413 g/mol. The van der Waals surface area contributed by atoms with Crippen molar-refractivity contribution < 1.29 is 14.5 Å². The fourth-order valence-corrected chi connectivity index (χ4v) is 3.01. The Labute approximate surface area is 168 Å². The quantitative estimate of drug-likeness (QED) is 0.489. The van der Waals surface area contributed by atoms with E-state index in [9.17, 15) is 19.7 Å². The van der Waals surface area contributed by atoms with Crippen LogP contribution in [-0.2, 0) is 9.59 Å². The van der Waals surface area contributed by atoms with Gasteiger partial charge in [-0.05, 0) is 36.4 Å². The third-order valence-electron chi connectivity index (χ3n) is 4.31. The van der Waals surface area contributed by atoms with Crippen LogP contribution in [0, 0.1) is 10.1 Å². The number of hydrogen-bond donors (Lipinski definition) is 2. The Kier molecular flexibility index (Phi) is 4.69. The molecule has 1 aliphatic rings. The zero-order valence-corrected chi connectivity index (χ0v) is 15.5. The highest BCUT2D eigenvalue weighted by Crippen LogP contribution is 2.29. The Balaban J connectivity index is 1.48.